The standard InChI is InChI=1S/C10H19NO3S/c1-2-15(13,14)8-4-6-9-5-3-7-11-10(9)12/h9H,2-8H2,1H3,(H,11,12). The van der Waals surface area contributed by atoms with Gasteiger partial charge in [-0.1, -0.05) is 6.92 Å². The number of rotatable bonds is 5. The van der Waals surface area contributed by atoms with E-state index < -0.39 is 9.84 Å². The summed E-state index contributed by atoms with van der Waals surface area (Å²) in [6.45, 7) is 2.42. The highest BCUT2D eigenvalue weighted by Crippen LogP contribution is 2.17. The van der Waals surface area contributed by atoms with Gasteiger partial charge >= 0.3 is 0 Å². The fourth-order valence-electron chi connectivity index (χ4n) is 1.80. The highest BCUT2D eigenvalue weighted by atomic mass is 32.2. The molecule has 1 heterocycles. The van der Waals surface area contributed by atoms with Crippen molar-refractivity contribution < 1.29 is 13.2 Å². The SMILES string of the molecule is CCS(=O)(=O)CCCC1CCCNC1=O. The lowest BCUT2D eigenvalue weighted by atomic mass is 9.94. The first-order valence-electron chi connectivity index (χ1n) is 5.53. The first kappa shape index (κ1) is 12.5. The topological polar surface area (TPSA) is 63.2 Å². The van der Waals surface area contributed by atoms with Gasteiger partial charge in [-0.3, -0.25) is 4.79 Å². The molecule has 1 atom stereocenters. The van der Waals surface area contributed by atoms with E-state index in [-0.39, 0.29) is 23.3 Å². The monoisotopic (exact) mass is 233 g/mol. The minimum Gasteiger partial charge on any atom is -0.356 e. The highest BCUT2D eigenvalue weighted by Gasteiger charge is 2.21. The number of piperidine rings is 1. The third-order valence-electron chi connectivity index (χ3n) is 2.85. The smallest absolute Gasteiger partial charge is 0.223 e. The van der Waals surface area contributed by atoms with Crippen molar-refractivity contribution in [1.82, 2.24) is 5.32 Å². The van der Waals surface area contributed by atoms with Crippen LogP contribution in [0.25, 0.3) is 0 Å². The van der Waals surface area contributed by atoms with Crippen LogP contribution in [0, 0.1) is 5.92 Å². The molecule has 15 heavy (non-hydrogen) atoms. The summed E-state index contributed by atoms with van der Waals surface area (Å²) in [5, 5.41) is 2.81. The van der Waals surface area contributed by atoms with E-state index in [0.717, 1.165) is 19.4 Å². The average Bonchev–Trinajstić information content (AvgIpc) is 2.21. The number of carbonyl (C=O) groups excluding carboxylic acids is 1. The molecule has 0 radical (unpaired) electrons. The Morgan fingerprint density at radius 2 is 2.20 bits per heavy atom. The van der Waals surface area contributed by atoms with Crippen LogP contribution in [0.3, 0.4) is 0 Å². The summed E-state index contributed by atoms with van der Waals surface area (Å²) < 4.78 is 22.4. The summed E-state index contributed by atoms with van der Waals surface area (Å²) in [6, 6.07) is 0. The second-order valence-electron chi connectivity index (χ2n) is 4.01. The molecule has 1 rings (SSSR count). The Bertz CT molecular complexity index is 311. The number of sulfone groups is 1. The Morgan fingerprint density at radius 1 is 1.47 bits per heavy atom. The minimum absolute atomic E-state index is 0.0332. The number of hydrogen-bond acceptors (Lipinski definition) is 3. The van der Waals surface area contributed by atoms with E-state index in [1.807, 2.05) is 0 Å². The molecule has 1 saturated heterocycles. The van der Waals surface area contributed by atoms with E-state index in [9.17, 15) is 13.2 Å². The molecule has 0 bridgehead atoms. The van der Waals surface area contributed by atoms with E-state index in [4.69, 9.17) is 0 Å². The fourth-order valence-corrected chi connectivity index (χ4v) is 2.70. The second-order valence-corrected chi connectivity index (χ2v) is 6.48. The summed E-state index contributed by atoms with van der Waals surface area (Å²) in [7, 11) is -2.87. The van der Waals surface area contributed by atoms with Crippen LogP contribution in [0.2, 0.25) is 0 Å². The first-order chi connectivity index (χ1) is 7.05. The quantitative estimate of drug-likeness (QED) is 0.761. The van der Waals surface area contributed by atoms with Gasteiger partial charge in [0.1, 0.15) is 9.84 Å². The molecule has 0 aromatic heterocycles. The van der Waals surface area contributed by atoms with Gasteiger partial charge in [0.25, 0.3) is 0 Å². The van der Waals surface area contributed by atoms with E-state index in [0.29, 0.717) is 12.8 Å². The molecular weight excluding hydrogens is 214 g/mol. The summed E-state index contributed by atoms with van der Waals surface area (Å²) in [4.78, 5) is 11.4. The Labute approximate surface area is 91.4 Å². The maximum Gasteiger partial charge on any atom is 0.223 e. The van der Waals surface area contributed by atoms with Gasteiger partial charge in [-0.2, -0.15) is 0 Å². The maximum absolute atomic E-state index is 11.4. The minimum atomic E-state index is -2.87. The first-order valence-corrected chi connectivity index (χ1v) is 7.35. The largest absolute Gasteiger partial charge is 0.356 e. The molecule has 0 aliphatic carbocycles. The van der Waals surface area contributed by atoms with Gasteiger partial charge in [0.05, 0.1) is 5.75 Å². The van der Waals surface area contributed by atoms with E-state index in [1.165, 1.54) is 0 Å². The molecule has 0 aromatic rings. The molecule has 1 unspecified atom stereocenters. The lowest BCUT2D eigenvalue weighted by molar-refractivity contribution is -0.126. The lowest BCUT2D eigenvalue weighted by Crippen LogP contribution is -2.36. The summed E-state index contributed by atoms with van der Waals surface area (Å²) >= 11 is 0. The van der Waals surface area contributed by atoms with Crippen LogP contribution < -0.4 is 5.32 Å². The zero-order valence-electron chi connectivity index (χ0n) is 9.16. The van der Waals surface area contributed by atoms with Crippen molar-refractivity contribution in [2.24, 2.45) is 5.92 Å². The third-order valence-corrected chi connectivity index (χ3v) is 4.64. The average molecular weight is 233 g/mol. The van der Waals surface area contributed by atoms with Crippen LogP contribution >= 0.6 is 0 Å². The molecular formula is C10H19NO3S. The van der Waals surface area contributed by atoms with Crippen molar-refractivity contribution in [2.45, 2.75) is 32.6 Å². The van der Waals surface area contributed by atoms with Crippen molar-refractivity contribution in [1.29, 1.82) is 0 Å². The molecule has 0 spiro atoms. The predicted molar refractivity (Wildman–Crippen MR) is 59.3 cm³/mol. The van der Waals surface area contributed by atoms with Crippen molar-refractivity contribution in [2.75, 3.05) is 18.1 Å². The van der Waals surface area contributed by atoms with E-state index in [2.05, 4.69) is 5.32 Å². The Balaban J connectivity index is 2.28. The number of amides is 1. The molecule has 0 saturated carbocycles. The van der Waals surface area contributed by atoms with Crippen molar-refractivity contribution in [3.05, 3.63) is 0 Å². The number of nitrogens with one attached hydrogen (secondary N) is 1. The highest BCUT2D eigenvalue weighted by molar-refractivity contribution is 7.91. The molecule has 4 nitrogen and oxygen atoms in total. The Kier molecular flexibility index (Phi) is 4.57. The summed E-state index contributed by atoms with van der Waals surface area (Å²) in [6.07, 6.45) is 3.22. The Hall–Kier alpha value is -0.580. The lowest BCUT2D eigenvalue weighted by Gasteiger charge is -2.21. The molecule has 0 aromatic carbocycles. The fraction of sp³-hybridized carbons (Fsp3) is 0.900. The van der Waals surface area contributed by atoms with E-state index >= 15 is 0 Å². The van der Waals surface area contributed by atoms with Gasteiger partial charge in [-0.15, -0.1) is 0 Å². The normalized spacial score (nSPS) is 22.5. The van der Waals surface area contributed by atoms with Crippen LogP contribution in [0.15, 0.2) is 0 Å². The van der Waals surface area contributed by atoms with Crippen LogP contribution in [0.1, 0.15) is 32.6 Å². The van der Waals surface area contributed by atoms with Crippen molar-refractivity contribution in [3.63, 3.8) is 0 Å². The van der Waals surface area contributed by atoms with Crippen LogP contribution in [-0.2, 0) is 14.6 Å². The van der Waals surface area contributed by atoms with Gasteiger partial charge < -0.3 is 5.32 Å². The van der Waals surface area contributed by atoms with Gasteiger partial charge in [0, 0.05) is 18.2 Å². The third kappa shape index (κ3) is 4.20. The number of hydrogen-bond donors (Lipinski definition) is 1. The van der Waals surface area contributed by atoms with Gasteiger partial charge in [0.2, 0.25) is 5.91 Å². The molecule has 5 heteroatoms. The molecule has 88 valence electrons. The van der Waals surface area contributed by atoms with E-state index in [1.54, 1.807) is 6.92 Å². The molecule has 1 aliphatic heterocycles. The van der Waals surface area contributed by atoms with Gasteiger partial charge in [-0.05, 0) is 25.7 Å². The molecule has 1 amide bonds. The van der Waals surface area contributed by atoms with Gasteiger partial charge in [-0.25, -0.2) is 8.42 Å². The zero-order chi connectivity index (χ0) is 11.3. The van der Waals surface area contributed by atoms with Crippen LogP contribution in [-0.4, -0.2) is 32.4 Å². The Morgan fingerprint density at radius 3 is 2.80 bits per heavy atom. The zero-order valence-corrected chi connectivity index (χ0v) is 9.98. The predicted octanol–water partition coefficient (Wildman–Crippen LogP) is 0.727. The van der Waals surface area contributed by atoms with Crippen LogP contribution in [0.4, 0.5) is 0 Å². The summed E-state index contributed by atoms with van der Waals surface area (Å²) in [5.41, 5.74) is 0. The van der Waals surface area contributed by atoms with Gasteiger partial charge in [0.15, 0.2) is 0 Å². The molecule has 1 fully saturated rings. The van der Waals surface area contributed by atoms with Crippen molar-refractivity contribution >= 4 is 15.7 Å². The summed E-state index contributed by atoms with van der Waals surface area (Å²) in [5.74, 6) is 0.540. The molecule has 1 N–H and O–H groups in total. The maximum atomic E-state index is 11.4. The second kappa shape index (κ2) is 5.49. The molecule has 1 aliphatic rings. The van der Waals surface area contributed by atoms with Crippen LogP contribution in [0.5, 0.6) is 0 Å². The van der Waals surface area contributed by atoms with Crippen molar-refractivity contribution in [3.8, 4) is 0 Å². The number of carbonyl (C=O) groups is 1.